The first-order chi connectivity index (χ1) is 15.5. The molecule has 1 aromatic heterocycles. The van der Waals surface area contributed by atoms with Crippen LogP contribution >= 0.6 is 0 Å². The second-order valence-electron chi connectivity index (χ2n) is 9.13. The van der Waals surface area contributed by atoms with Crippen molar-refractivity contribution in [1.82, 2.24) is 20.9 Å². The predicted molar refractivity (Wildman–Crippen MR) is 122 cm³/mol. The van der Waals surface area contributed by atoms with Crippen LogP contribution in [-0.2, 0) is 0 Å². The standard InChI is InChI=1S/C24H34FN5O2/c1-3-17-18(15-7-10-27-21(12-15)30-23(31)14-5-6-14)13-28-22(17)19(4-2)29-24(32)16-8-9-26-20(25)11-16/h8-9,11-12,14,17-19,22-23,28,31H,3-7,10,13H2,1-2H3,(H,27,30)(H,29,32). The number of pyridine rings is 1. The molecule has 4 N–H and O–H groups in total. The Morgan fingerprint density at radius 2 is 2.19 bits per heavy atom. The average molecular weight is 444 g/mol. The highest BCUT2D eigenvalue weighted by Crippen LogP contribution is 2.36. The topological polar surface area (TPSA) is 98.6 Å². The number of dihydropyridines is 1. The largest absolute Gasteiger partial charge is 0.373 e. The SMILES string of the molecule is CCC(NC(=O)c1ccnc(F)c1)C1NCC(C2=CC(NC(O)C3CC3)=NCC2)C1CC. The van der Waals surface area contributed by atoms with Gasteiger partial charge in [-0.05, 0) is 49.7 Å². The van der Waals surface area contributed by atoms with Crippen LogP contribution in [0.5, 0.6) is 0 Å². The summed E-state index contributed by atoms with van der Waals surface area (Å²) in [6.45, 7) is 5.83. The van der Waals surface area contributed by atoms with Crippen LogP contribution in [0.4, 0.5) is 4.39 Å². The Kier molecular flexibility index (Phi) is 7.20. The monoisotopic (exact) mass is 443 g/mol. The quantitative estimate of drug-likeness (QED) is 0.365. The van der Waals surface area contributed by atoms with E-state index < -0.39 is 12.2 Å². The Morgan fingerprint density at radius 3 is 2.88 bits per heavy atom. The van der Waals surface area contributed by atoms with Crippen LogP contribution in [0, 0.1) is 23.7 Å². The normalized spacial score (nSPS) is 27.3. The summed E-state index contributed by atoms with van der Waals surface area (Å²) in [4.78, 5) is 20.8. The molecule has 3 heterocycles. The van der Waals surface area contributed by atoms with Crippen LogP contribution in [0.1, 0.15) is 56.3 Å². The molecule has 1 saturated carbocycles. The minimum Gasteiger partial charge on any atom is -0.373 e. The van der Waals surface area contributed by atoms with Crippen LogP contribution in [-0.4, -0.2) is 53.2 Å². The number of hydrogen-bond donors (Lipinski definition) is 4. The van der Waals surface area contributed by atoms with Gasteiger partial charge in [-0.3, -0.25) is 9.79 Å². The van der Waals surface area contributed by atoms with E-state index in [0.29, 0.717) is 17.8 Å². The molecular formula is C24H34FN5O2. The van der Waals surface area contributed by atoms with Crippen LogP contribution in [0.15, 0.2) is 35.0 Å². The number of nitrogens with zero attached hydrogens (tertiary/aromatic N) is 2. The molecule has 1 aliphatic carbocycles. The minimum absolute atomic E-state index is 0.0548. The molecule has 4 rings (SSSR count). The Hall–Kier alpha value is -2.32. The molecule has 1 aromatic rings. The molecule has 0 bridgehead atoms. The summed E-state index contributed by atoms with van der Waals surface area (Å²) in [6, 6.07) is 2.78. The van der Waals surface area contributed by atoms with Gasteiger partial charge in [-0.15, -0.1) is 0 Å². The second-order valence-corrected chi connectivity index (χ2v) is 9.13. The van der Waals surface area contributed by atoms with Crippen molar-refractivity contribution in [2.75, 3.05) is 13.1 Å². The van der Waals surface area contributed by atoms with E-state index in [1.165, 1.54) is 23.9 Å². The maximum atomic E-state index is 13.4. The van der Waals surface area contributed by atoms with Crippen molar-refractivity contribution in [1.29, 1.82) is 0 Å². The summed E-state index contributed by atoms with van der Waals surface area (Å²) in [7, 11) is 0. The molecule has 5 atom stereocenters. The molecule has 3 aliphatic rings. The molecule has 7 nitrogen and oxygen atoms in total. The molecule has 1 saturated heterocycles. The lowest BCUT2D eigenvalue weighted by molar-refractivity contribution is 0.0920. The van der Waals surface area contributed by atoms with Crippen molar-refractivity contribution in [3.63, 3.8) is 0 Å². The fraction of sp³-hybridized carbons (Fsp3) is 0.625. The number of aromatic nitrogens is 1. The van der Waals surface area contributed by atoms with E-state index in [9.17, 15) is 14.3 Å². The summed E-state index contributed by atoms with van der Waals surface area (Å²) in [5.74, 6) is 0.929. The maximum absolute atomic E-state index is 13.4. The maximum Gasteiger partial charge on any atom is 0.251 e. The van der Waals surface area contributed by atoms with Gasteiger partial charge in [0.1, 0.15) is 12.1 Å². The third-order valence-electron chi connectivity index (χ3n) is 7.05. The van der Waals surface area contributed by atoms with Gasteiger partial charge < -0.3 is 21.1 Å². The Morgan fingerprint density at radius 1 is 1.38 bits per heavy atom. The first kappa shape index (κ1) is 22.9. The Labute approximate surface area is 189 Å². The third kappa shape index (κ3) is 5.18. The van der Waals surface area contributed by atoms with E-state index >= 15 is 0 Å². The number of hydrogen-bond acceptors (Lipinski definition) is 6. The molecule has 8 heteroatoms. The number of amidine groups is 1. The molecule has 0 aromatic carbocycles. The van der Waals surface area contributed by atoms with Gasteiger partial charge in [0.05, 0.1) is 0 Å². The van der Waals surface area contributed by atoms with Crippen LogP contribution in [0.3, 0.4) is 0 Å². The summed E-state index contributed by atoms with van der Waals surface area (Å²) in [5, 5.41) is 20.2. The van der Waals surface area contributed by atoms with Crippen molar-refractivity contribution in [3.05, 3.63) is 41.5 Å². The number of amides is 1. The highest BCUT2D eigenvalue weighted by atomic mass is 19.1. The predicted octanol–water partition coefficient (Wildman–Crippen LogP) is 2.39. The number of aliphatic imine (C=N–C) groups is 1. The van der Waals surface area contributed by atoms with E-state index in [0.717, 1.165) is 51.0 Å². The fourth-order valence-corrected chi connectivity index (χ4v) is 5.10. The lowest BCUT2D eigenvalue weighted by atomic mass is 9.79. The summed E-state index contributed by atoms with van der Waals surface area (Å²) >= 11 is 0. The van der Waals surface area contributed by atoms with Gasteiger partial charge in [-0.1, -0.05) is 25.8 Å². The zero-order valence-electron chi connectivity index (χ0n) is 18.9. The zero-order chi connectivity index (χ0) is 22.7. The fourth-order valence-electron chi connectivity index (χ4n) is 5.10. The first-order valence-electron chi connectivity index (χ1n) is 11.9. The number of rotatable bonds is 8. The van der Waals surface area contributed by atoms with Gasteiger partial charge in [-0.2, -0.15) is 4.39 Å². The number of aliphatic hydroxyl groups excluding tert-OH is 1. The smallest absolute Gasteiger partial charge is 0.251 e. The third-order valence-corrected chi connectivity index (χ3v) is 7.05. The lowest BCUT2D eigenvalue weighted by Gasteiger charge is -2.31. The van der Waals surface area contributed by atoms with E-state index in [1.54, 1.807) is 0 Å². The molecule has 0 radical (unpaired) electrons. The van der Waals surface area contributed by atoms with Crippen LogP contribution in [0.25, 0.3) is 0 Å². The molecule has 1 amide bonds. The van der Waals surface area contributed by atoms with Crippen LogP contribution in [0.2, 0.25) is 0 Å². The number of aliphatic hydroxyl groups is 1. The lowest BCUT2D eigenvalue weighted by Crippen LogP contribution is -2.49. The van der Waals surface area contributed by atoms with Crippen molar-refractivity contribution in [2.24, 2.45) is 22.7 Å². The van der Waals surface area contributed by atoms with Gasteiger partial charge in [-0.25, -0.2) is 4.98 Å². The minimum atomic E-state index is -0.654. The summed E-state index contributed by atoms with van der Waals surface area (Å²) in [6.07, 6.45) is 7.74. The van der Waals surface area contributed by atoms with Gasteiger partial charge in [0, 0.05) is 48.9 Å². The van der Waals surface area contributed by atoms with Gasteiger partial charge in [0.2, 0.25) is 5.95 Å². The van der Waals surface area contributed by atoms with Crippen molar-refractivity contribution < 1.29 is 14.3 Å². The molecule has 2 aliphatic heterocycles. The molecule has 0 spiro atoms. The van der Waals surface area contributed by atoms with E-state index in [1.807, 2.05) is 0 Å². The molecule has 174 valence electrons. The van der Waals surface area contributed by atoms with Crippen molar-refractivity contribution in [2.45, 2.75) is 64.3 Å². The van der Waals surface area contributed by atoms with Gasteiger partial charge in [0.15, 0.2) is 0 Å². The number of carbonyl (C=O) groups is 1. The molecular weight excluding hydrogens is 409 g/mol. The summed E-state index contributed by atoms with van der Waals surface area (Å²) < 4.78 is 13.4. The molecule has 5 unspecified atom stereocenters. The Bertz CT molecular complexity index is 885. The van der Waals surface area contributed by atoms with E-state index in [2.05, 4.69) is 45.9 Å². The van der Waals surface area contributed by atoms with Crippen molar-refractivity contribution >= 4 is 11.7 Å². The van der Waals surface area contributed by atoms with Gasteiger partial charge >= 0.3 is 0 Å². The Balaban J connectivity index is 1.43. The van der Waals surface area contributed by atoms with Crippen molar-refractivity contribution in [3.8, 4) is 0 Å². The molecule has 32 heavy (non-hydrogen) atoms. The molecule has 2 fully saturated rings. The number of halogens is 1. The zero-order valence-corrected chi connectivity index (χ0v) is 18.9. The number of nitrogens with one attached hydrogen (secondary N) is 3. The first-order valence-corrected chi connectivity index (χ1v) is 11.9. The number of carbonyl (C=O) groups excluding carboxylic acids is 1. The van der Waals surface area contributed by atoms with E-state index in [-0.39, 0.29) is 23.6 Å². The highest BCUT2D eigenvalue weighted by molar-refractivity contribution is 5.95. The van der Waals surface area contributed by atoms with Crippen LogP contribution < -0.4 is 16.0 Å². The van der Waals surface area contributed by atoms with E-state index in [4.69, 9.17) is 0 Å². The second kappa shape index (κ2) is 10.1. The van der Waals surface area contributed by atoms with Gasteiger partial charge in [0.25, 0.3) is 5.91 Å². The summed E-state index contributed by atoms with van der Waals surface area (Å²) in [5.41, 5.74) is 1.64. The average Bonchev–Trinajstić information content (AvgIpc) is 3.56. The highest BCUT2D eigenvalue weighted by Gasteiger charge is 2.41.